The lowest BCUT2D eigenvalue weighted by Gasteiger charge is -2.49. The van der Waals surface area contributed by atoms with E-state index in [0.717, 1.165) is 36.0 Å². The number of fused-ring (bicyclic) bond motifs is 2. The molecular weight excluding hydrogens is 272 g/mol. The molecular formula is C19H24N2O. The second-order valence-corrected chi connectivity index (χ2v) is 6.95. The molecule has 2 aliphatic rings. The third-order valence-corrected chi connectivity index (χ3v) is 5.66. The van der Waals surface area contributed by atoms with Crippen molar-refractivity contribution in [2.45, 2.75) is 56.6 Å². The van der Waals surface area contributed by atoms with E-state index in [4.69, 9.17) is 4.98 Å². The van der Waals surface area contributed by atoms with Crippen molar-refractivity contribution in [2.24, 2.45) is 5.92 Å². The molecule has 1 heterocycles. The standard InChI is InChI=1S/C19H24N2O/c22-19-13-4-3-7-15(19)8-5-10-17(19)21-18-12-11-14-6-1-2-9-16(14)20-18/h1-2,6,9,11-12,15,17,22H,3-5,7-8,10,13H2,(H,20,21)/t15-,17?,19-/m1/s1. The topological polar surface area (TPSA) is 45.1 Å². The summed E-state index contributed by atoms with van der Waals surface area (Å²) < 4.78 is 0. The smallest absolute Gasteiger partial charge is 0.126 e. The molecule has 4 rings (SSSR count). The Balaban J connectivity index is 1.60. The average molecular weight is 296 g/mol. The Morgan fingerprint density at radius 3 is 2.82 bits per heavy atom. The van der Waals surface area contributed by atoms with Gasteiger partial charge in [0.1, 0.15) is 5.82 Å². The maximum Gasteiger partial charge on any atom is 0.126 e. The Morgan fingerprint density at radius 2 is 1.86 bits per heavy atom. The first kappa shape index (κ1) is 14.0. The highest BCUT2D eigenvalue weighted by Crippen LogP contribution is 2.44. The SMILES string of the molecule is O[C@]12CCCC[C@@H]1CCCC2Nc1ccc2ccccc2n1. The van der Waals surface area contributed by atoms with Crippen molar-refractivity contribution in [3.8, 4) is 0 Å². The summed E-state index contributed by atoms with van der Waals surface area (Å²) in [7, 11) is 0. The Kier molecular flexibility index (Phi) is 3.53. The minimum atomic E-state index is -0.538. The molecule has 3 heteroatoms. The van der Waals surface area contributed by atoms with Gasteiger partial charge in [0.25, 0.3) is 0 Å². The van der Waals surface area contributed by atoms with Crippen LogP contribution in [0, 0.1) is 5.92 Å². The number of aromatic nitrogens is 1. The third-order valence-electron chi connectivity index (χ3n) is 5.66. The summed E-state index contributed by atoms with van der Waals surface area (Å²) in [5.74, 6) is 1.36. The minimum Gasteiger partial charge on any atom is -0.387 e. The fraction of sp³-hybridized carbons (Fsp3) is 0.526. The summed E-state index contributed by atoms with van der Waals surface area (Å²) in [6.07, 6.45) is 7.96. The number of benzene rings is 1. The van der Waals surface area contributed by atoms with Crippen LogP contribution in [0.15, 0.2) is 36.4 Å². The van der Waals surface area contributed by atoms with E-state index >= 15 is 0 Å². The first-order valence-electron chi connectivity index (χ1n) is 8.60. The fourth-order valence-corrected chi connectivity index (χ4v) is 4.45. The lowest BCUT2D eigenvalue weighted by molar-refractivity contribution is -0.0836. The van der Waals surface area contributed by atoms with Gasteiger partial charge in [-0.1, -0.05) is 37.5 Å². The lowest BCUT2D eigenvalue weighted by Crippen LogP contribution is -2.56. The van der Waals surface area contributed by atoms with Crippen molar-refractivity contribution in [1.29, 1.82) is 0 Å². The van der Waals surface area contributed by atoms with Crippen LogP contribution in [-0.2, 0) is 0 Å². The van der Waals surface area contributed by atoms with Crippen LogP contribution in [0.4, 0.5) is 5.82 Å². The van der Waals surface area contributed by atoms with Crippen molar-refractivity contribution in [3.05, 3.63) is 36.4 Å². The van der Waals surface area contributed by atoms with Crippen LogP contribution in [0.1, 0.15) is 44.9 Å². The Bertz CT molecular complexity index is 669. The van der Waals surface area contributed by atoms with Gasteiger partial charge in [0.15, 0.2) is 0 Å². The predicted octanol–water partition coefficient (Wildman–Crippen LogP) is 4.12. The minimum absolute atomic E-state index is 0.139. The summed E-state index contributed by atoms with van der Waals surface area (Å²) in [5.41, 5.74) is 0.472. The summed E-state index contributed by atoms with van der Waals surface area (Å²) in [5, 5.41) is 15.9. The van der Waals surface area contributed by atoms with Crippen molar-refractivity contribution >= 4 is 16.7 Å². The van der Waals surface area contributed by atoms with Gasteiger partial charge in [0.05, 0.1) is 17.2 Å². The molecule has 3 atom stereocenters. The van der Waals surface area contributed by atoms with E-state index in [1.165, 1.54) is 25.7 Å². The number of para-hydroxylation sites is 1. The highest BCUT2D eigenvalue weighted by molar-refractivity contribution is 5.80. The average Bonchev–Trinajstić information content (AvgIpc) is 2.55. The third kappa shape index (κ3) is 2.38. The second kappa shape index (κ2) is 5.54. The summed E-state index contributed by atoms with van der Waals surface area (Å²) in [6.45, 7) is 0. The number of pyridine rings is 1. The molecule has 0 amide bonds. The Morgan fingerprint density at radius 1 is 1.00 bits per heavy atom. The van der Waals surface area contributed by atoms with Crippen LogP contribution in [0.5, 0.6) is 0 Å². The summed E-state index contributed by atoms with van der Waals surface area (Å²) >= 11 is 0. The van der Waals surface area contributed by atoms with Gasteiger partial charge in [0.2, 0.25) is 0 Å². The van der Waals surface area contributed by atoms with Crippen LogP contribution < -0.4 is 5.32 Å². The number of nitrogens with zero attached hydrogens (tertiary/aromatic N) is 1. The van der Waals surface area contributed by atoms with Gasteiger partial charge in [-0.25, -0.2) is 4.98 Å². The summed E-state index contributed by atoms with van der Waals surface area (Å²) in [6, 6.07) is 12.5. The molecule has 116 valence electrons. The maximum atomic E-state index is 11.2. The van der Waals surface area contributed by atoms with E-state index in [-0.39, 0.29) is 6.04 Å². The second-order valence-electron chi connectivity index (χ2n) is 6.95. The van der Waals surface area contributed by atoms with Crippen LogP contribution in [0.3, 0.4) is 0 Å². The molecule has 2 saturated carbocycles. The molecule has 0 saturated heterocycles. The normalized spacial score (nSPS) is 31.7. The van der Waals surface area contributed by atoms with Crippen molar-refractivity contribution in [3.63, 3.8) is 0 Å². The summed E-state index contributed by atoms with van der Waals surface area (Å²) in [4.78, 5) is 4.72. The number of hydrogen-bond acceptors (Lipinski definition) is 3. The van der Waals surface area contributed by atoms with E-state index in [1.54, 1.807) is 0 Å². The van der Waals surface area contributed by atoms with Crippen LogP contribution >= 0.6 is 0 Å². The number of nitrogens with one attached hydrogen (secondary N) is 1. The van der Waals surface area contributed by atoms with E-state index in [1.807, 2.05) is 24.3 Å². The molecule has 1 unspecified atom stereocenters. The van der Waals surface area contributed by atoms with Crippen molar-refractivity contribution in [1.82, 2.24) is 4.98 Å². The van der Waals surface area contributed by atoms with Gasteiger partial charge in [0, 0.05) is 5.39 Å². The first-order valence-corrected chi connectivity index (χ1v) is 8.60. The van der Waals surface area contributed by atoms with Gasteiger partial charge in [-0.05, 0) is 49.8 Å². The lowest BCUT2D eigenvalue weighted by atomic mass is 9.65. The quantitative estimate of drug-likeness (QED) is 0.876. The molecule has 2 aliphatic carbocycles. The number of anilines is 1. The fourth-order valence-electron chi connectivity index (χ4n) is 4.45. The van der Waals surface area contributed by atoms with Gasteiger partial charge >= 0.3 is 0 Å². The van der Waals surface area contributed by atoms with Gasteiger partial charge < -0.3 is 10.4 Å². The molecule has 0 radical (unpaired) electrons. The monoisotopic (exact) mass is 296 g/mol. The molecule has 3 nitrogen and oxygen atoms in total. The van der Waals surface area contributed by atoms with Gasteiger partial charge in [-0.3, -0.25) is 0 Å². The molecule has 2 aromatic rings. The van der Waals surface area contributed by atoms with E-state index < -0.39 is 5.60 Å². The molecule has 0 spiro atoms. The van der Waals surface area contributed by atoms with Crippen LogP contribution in [0.25, 0.3) is 10.9 Å². The molecule has 0 bridgehead atoms. The molecule has 1 aromatic carbocycles. The molecule has 2 N–H and O–H groups in total. The molecule has 0 aliphatic heterocycles. The Hall–Kier alpha value is -1.61. The molecule has 1 aromatic heterocycles. The highest BCUT2D eigenvalue weighted by Gasteiger charge is 2.47. The highest BCUT2D eigenvalue weighted by atomic mass is 16.3. The Labute approximate surface area is 131 Å². The van der Waals surface area contributed by atoms with Gasteiger partial charge in [-0.15, -0.1) is 0 Å². The van der Waals surface area contributed by atoms with E-state index in [9.17, 15) is 5.11 Å². The van der Waals surface area contributed by atoms with Crippen molar-refractivity contribution in [2.75, 3.05) is 5.32 Å². The van der Waals surface area contributed by atoms with Gasteiger partial charge in [-0.2, -0.15) is 0 Å². The number of aliphatic hydroxyl groups is 1. The number of hydrogen-bond donors (Lipinski definition) is 2. The largest absolute Gasteiger partial charge is 0.387 e. The van der Waals surface area contributed by atoms with E-state index in [0.29, 0.717) is 5.92 Å². The maximum absolute atomic E-state index is 11.2. The molecule has 2 fully saturated rings. The predicted molar refractivity (Wildman–Crippen MR) is 89.9 cm³/mol. The van der Waals surface area contributed by atoms with Crippen molar-refractivity contribution < 1.29 is 5.11 Å². The van der Waals surface area contributed by atoms with Crippen LogP contribution in [-0.4, -0.2) is 21.7 Å². The zero-order valence-electron chi connectivity index (χ0n) is 13.0. The zero-order valence-corrected chi connectivity index (χ0v) is 13.0. The first-order chi connectivity index (χ1) is 10.8. The zero-order chi connectivity index (χ0) is 15.0. The molecule has 22 heavy (non-hydrogen) atoms. The number of rotatable bonds is 2. The van der Waals surface area contributed by atoms with E-state index in [2.05, 4.69) is 17.4 Å². The van der Waals surface area contributed by atoms with Crippen LogP contribution in [0.2, 0.25) is 0 Å².